The number of hydrogen-bond donors (Lipinski definition) is 2. The predicted octanol–water partition coefficient (Wildman–Crippen LogP) is 1.50. The second kappa shape index (κ2) is 5.46. The van der Waals surface area contributed by atoms with Crippen LogP contribution < -0.4 is 10.6 Å². The molecule has 4 nitrogen and oxygen atoms in total. The summed E-state index contributed by atoms with van der Waals surface area (Å²) < 4.78 is 0. The van der Waals surface area contributed by atoms with E-state index in [1.54, 1.807) is 24.3 Å². The van der Waals surface area contributed by atoms with Gasteiger partial charge in [-0.1, -0.05) is 0 Å². The number of anilines is 1. The molecule has 0 saturated carbocycles. The Labute approximate surface area is 101 Å². The van der Waals surface area contributed by atoms with Gasteiger partial charge in [-0.05, 0) is 50.2 Å². The lowest BCUT2D eigenvalue weighted by atomic mass is 9.97. The molecule has 0 bridgehead atoms. The first-order chi connectivity index (χ1) is 8.29. The summed E-state index contributed by atoms with van der Waals surface area (Å²) in [6, 6.07) is 8.99. The van der Waals surface area contributed by atoms with Crippen molar-refractivity contribution in [1.82, 2.24) is 5.32 Å². The molecule has 4 heteroatoms. The molecular formula is C13H15N3O. The fourth-order valence-electron chi connectivity index (χ4n) is 1.96. The Morgan fingerprint density at radius 2 is 1.94 bits per heavy atom. The van der Waals surface area contributed by atoms with Crippen LogP contribution in [0.3, 0.4) is 0 Å². The molecule has 2 rings (SSSR count). The third-order valence-electron chi connectivity index (χ3n) is 2.99. The molecule has 0 spiro atoms. The zero-order chi connectivity index (χ0) is 12.1. The Morgan fingerprint density at radius 1 is 1.29 bits per heavy atom. The van der Waals surface area contributed by atoms with Crippen molar-refractivity contribution in [2.45, 2.75) is 12.8 Å². The maximum atomic E-state index is 11.9. The Hall–Kier alpha value is -1.86. The Morgan fingerprint density at radius 3 is 2.53 bits per heavy atom. The van der Waals surface area contributed by atoms with Crippen LogP contribution in [-0.2, 0) is 4.79 Å². The van der Waals surface area contributed by atoms with Crippen molar-refractivity contribution in [3.63, 3.8) is 0 Å². The Kier molecular flexibility index (Phi) is 3.73. The minimum Gasteiger partial charge on any atom is -0.326 e. The largest absolute Gasteiger partial charge is 0.326 e. The first-order valence-corrected chi connectivity index (χ1v) is 5.81. The monoisotopic (exact) mass is 229 g/mol. The van der Waals surface area contributed by atoms with Gasteiger partial charge >= 0.3 is 0 Å². The average molecular weight is 229 g/mol. The fourth-order valence-corrected chi connectivity index (χ4v) is 1.96. The number of nitrogens with one attached hydrogen (secondary N) is 2. The van der Waals surface area contributed by atoms with Gasteiger partial charge in [-0.3, -0.25) is 4.79 Å². The second-order valence-electron chi connectivity index (χ2n) is 4.20. The fraction of sp³-hybridized carbons (Fsp3) is 0.385. The highest BCUT2D eigenvalue weighted by Crippen LogP contribution is 2.15. The molecule has 1 saturated heterocycles. The van der Waals surface area contributed by atoms with E-state index in [2.05, 4.69) is 10.6 Å². The number of nitrogens with zero attached hydrogens (tertiary/aromatic N) is 1. The highest BCUT2D eigenvalue weighted by Gasteiger charge is 2.20. The van der Waals surface area contributed by atoms with Crippen LogP contribution in [0.1, 0.15) is 18.4 Å². The highest BCUT2D eigenvalue weighted by atomic mass is 16.1. The number of carbonyl (C=O) groups excluding carboxylic acids is 1. The van der Waals surface area contributed by atoms with Gasteiger partial charge in [0.1, 0.15) is 0 Å². The van der Waals surface area contributed by atoms with Gasteiger partial charge in [-0.25, -0.2) is 0 Å². The summed E-state index contributed by atoms with van der Waals surface area (Å²) >= 11 is 0. The number of piperidine rings is 1. The highest BCUT2D eigenvalue weighted by molar-refractivity contribution is 5.92. The van der Waals surface area contributed by atoms with E-state index >= 15 is 0 Å². The maximum Gasteiger partial charge on any atom is 0.227 e. The van der Waals surface area contributed by atoms with Crippen LogP contribution in [-0.4, -0.2) is 19.0 Å². The molecule has 1 aromatic rings. The molecule has 0 radical (unpaired) electrons. The van der Waals surface area contributed by atoms with Gasteiger partial charge in [0.2, 0.25) is 5.91 Å². The lowest BCUT2D eigenvalue weighted by molar-refractivity contribution is -0.120. The Balaban J connectivity index is 1.95. The van der Waals surface area contributed by atoms with E-state index in [1.165, 1.54) is 0 Å². The molecule has 88 valence electrons. The number of benzene rings is 1. The molecule has 1 aromatic carbocycles. The summed E-state index contributed by atoms with van der Waals surface area (Å²) in [4.78, 5) is 11.9. The molecule has 0 aliphatic carbocycles. The molecule has 1 fully saturated rings. The molecular weight excluding hydrogens is 214 g/mol. The minimum absolute atomic E-state index is 0.0798. The number of rotatable bonds is 2. The first kappa shape index (κ1) is 11.6. The molecule has 1 amide bonds. The summed E-state index contributed by atoms with van der Waals surface area (Å²) in [7, 11) is 0. The van der Waals surface area contributed by atoms with Gasteiger partial charge in [0, 0.05) is 11.6 Å². The summed E-state index contributed by atoms with van der Waals surface area (Å²) in [5.74, 6) is 0.183. The van der Waals surface area contributed by atoms with E-state index in [-0.39, 0.29) is 11.8 Å². The standard InChI is InChI=1S/C13H15N3O/c14-9-10-1-3-12(4-2-10)16-13(17)11-5-7-15-8-6-11/h1-4,11,15H,5-8H2,(H,16,17). The molecule has 2 N–H and O–H groups in total. The number of hydrogen-bond acceptors (Lipinski definition) is 3. The third kappa shape index (κ3) is 3.05. The zero-order valence-corrected chi connectivity index (χ0v) is 9.57. The number of nitriles is 1. The van der Waals surface area contributed by atoms with Gasteiger partial charge < -0.3 is 10.6 Å². The molecule has 1 aliphatic rings. The maximum absolute atomic E-state index is 11.9. The van der Waals surface area contributed by atoms with Crippen molar-refractivity contribution in [1.29, 1.82) is 5.26 Å². The van der Waals surface area contributed by atoms with Crippen molar-refractivity contribution in [3.05, 3.63) is 29.8 Å². The molecule has 0 atom stereocenters. The molecule has 1 aliphatic heterocycles. The third-order valence-corrected chi connectivity index (χ3v) is 2.99. The second-order valence-corrected chi connectivity index (χ2v) is 4.20. The van der Waals surface area contributed by atoms with Crippen LogP contribution >= 0.6 is 0 Å². The average Bonchev–Trinajstić information content (AvgIpc) is 2.40. The van der Waals surface area contributed by atoms with Gasteiger partial charge in [-0.15, -0.1) is 0 Å². The van der Waals surface area contributed by atoms with Crippen LogP contribution in [0.4, 0.5) is 5.69 Å². The van der Waals surface area contributed by atoms with E-state index in [0.717, 1.165) is 31.6 Å². The van der Waals surface area contributed by atoms with Gasteiger partial charge in [0.15, 0.2) is 0 Å². The van der Waals surface area contributed by atoms with Crippen LogP contribution in [0, 0.1) is 17.2 Å². The van der Waals surface area contributed by atoms with Crippen LogP contribution in [0.2, 0.25) is 0 Å². The summed E-state index contributed by atoms with van der Waals surface area (Å²) in [5, 5.41) is 14.8. The summed E-state index contributed by atoms with van der Waals surface area (Å²) in [6.07, 6.45) is 1.78. The van der Waals surface area contributed by atoms with E-state index in [0.29, 0.717) is 5.56 Å². The van der Waals surface area contributed by atoms with Crippen LogP contribution in [0.5, 0.6) is 0 Å². The van der Waals surface area contributed by atoms with Crippen molar-refractivity contribution in [2.75, 3.05) is 18.4 Å². The van der Waals surface area contributed by atoms with E-state index in [4.69, 9.17) is 5.26 Å². The topological polar surface area (TPSA) is 64.9 Å². The minimum atomic E-state index is 0.0798. The van der Waals surface area contributed by atoms with Crippen LogP contribution in [0.25, 0.3) is 0 Å². The SMILES string of the molecule is N#Cc1ccc(NC(=O)C2CCNCC2)cc1. The normalized spacial score (nSPS) is 16.2. The summed E-state index contributed by atoms with van der Waals surface area (Å²) in [6.45, 7) is 1.82. The molecule has 0 unspecified atom stereocenters. The smallest absolute Gasteiger partial charge is 0.227 e. The van der Waals surface area contributed by atoms with E-state index < -0.39 is 0 Å². The lowest BCUT2D eigenvalue weighted by Crippen LogP contribution is -2.34. The first-order valence-electron chi connectivity index (χ1n) is 5.81. The summed E-state index contributed by atoms with van der Waals surface area (Å²) in [5.41, 5.74) is 1.36. The van der Waals surface area contributed by atoms with E-state index in [9.17, 15) is 4.79 Å². The number of carbonyl (C=O) groups is 1. The zero-order valence-electron chi connectivity index (χ0n) is 9.57. The van der Waals surface area contributed by atoms with Gasteiger partial charge in [0.25, 0.3) is 0 Å². The van der Waals surface area contributed by atoms with E-state index in [1.807, 2.05) is 6.07 Å². The molecule has 1 heterocycles. The van der Waals surface area contributed by atoms with Crippen molar-refractivity contribution >= 4 is 11.6 Å². The lowest BCUT2D eigenvalue weighted by Gasteiger charge is -2.21. The van der Waals surface area contributed by atoms with Crippen molar-refractivity contribution < 1.29 is 4.79 Å². The van der Waals surface area contributed by atoms with Crippen molar-refractivity contribution in [3.8, 4) is 6.07 Å². The predicted molar refractivity (Wildman–Crippen MR) is 65.4 cm³/mol. The molecule has 0 aromatic heterocycles. The quantitative estimate of drug-likeness (QED) is 0.807. The Bertz CT molecular complexity index is 427. The van der Waals surface area contributed by atoms with Gasteiger partial charge in [0.05, 0.1) is 11.6 Å². The number of amides is 1. The van der Waals surface area contributed by atoms with Crippen LogP contribution in [0.15, 0.2) is 24.3 Å². The van der Waals surface area contributed by atoms with Crippen molar-refractivity contribution in [2.24, 2.45) is 5.92 Å². The molecule has 17 heavy (non-hydrogen) atoms. The van der Waals surface area contributed by atoms with Gasteiger partial charge in [-0.2, -0.15) is 5.26 Å².